The van der Waals surface area contributed by atoms with Crippen molar-refractivity contribution < 1.29 is 9.59 Å². The summed E-state index contributed by atoms with van der Waals surface area (Å²) < 4.78 is 0. The number of nitrogens with two attached hydrogens (primary N) is 1. The Morgan fingerprint density at radius 3 is 2.65 bits per heavy atom. The number of hydrogen-bond acceptors (Lipinski definition) is 4. The Bertz CT molecular complexity index is 807. The van der Waals surface area contributed by atoms with E-state index in [1.807, 2.05) is 37.3 Å². The summed E-state index contributed by atoms with van der Waals surface area (Å²) in [6.07, 6.45) is 4.25. The first-order valence-electron chi connectivity index (χ1n) is 8.88. The molecule has 136 valence electrons. The van der Waals surface area contributed by atoms with Crippen LogP contribution < -0.4 is 11.1 Å². The molecule has 2 atom stereocenters. The van der Waals surface area contributed by atoms with E-state index in [0.29, 0.717) is 11.5 Å². The highest BCUT2D eigenvalue weighted by atomic mass is 16.2. The average molecular weight is 352 g/mol. The highest BCUT2D eigenvalue weighted by Crippen LogP contribution is 2.34. The van der Waals surface area contributed by atoms with E-state index < -0.39 is 11.8 Å². The first-order chi connectivity index (χ1) is 12.5. The third-order valence-corrected chi connectivity index (χ3v) is 4.90. The number of carbonyl (C=O) groups excluding carboxylic acids is 2. The van der Waals surface area contributed by atoms with Gasteiger partial charge in [0.25, 0.3) is 0 Å². The summed E-state index contributed by atoms with van der Waals surface area (Å²) in [5.74, 6) is -0.755. The number of piperidine rings is 1. The minimum atomic E-state index is -0.648. The van der Waals surface area contributed by atoms with Crippen LogP contribution in [0.1, 0.15) is 43.4 Å². The Balaban J connectivity index is 1.80. The van der Waals surface area contributed by atoms with Gasteiger partial charge in [-0.2, -0.15) is 0 Å². The fourth-order valence-corrected chi connectivity index (χ4v) is 3.49. The number of nitrogens with one attached hydrogen (secondary N) is 1. The molecule has 1 aromatic heterocycles. The number of aryl methyl sites for hydroxylation is 1. The molecule has 6 heteroatoms. The van der Waals surface area contributed by atoms with E-state index in [2.05, 4.69) is 10.3 Å². The molecule has 0 spiro atoms. The van der Waals surface area contributed by atoms with Gasteiger partial charge < -0.3 is 16.0 Å². The van der Waals surface area contributed by atoms with Gasteiger partial charge in [0.05, 0.1) is 17.9 Å². The van der Waals surface area contributed by atoms with Crippen molar-refractivity contribution >= 4 is 23.3 Å². The van der Waals surface area contributed by atoms with Crippen LogP contribution in [-0.2, 0) is 9.59 Å². The summed E-state index contributed by atoms with van der Waals surface area (Å²) >= 11 is 0. The number of amides is 2. The van der Waals surface area contributed by atoms with Gasteiger partial charge in [-0.15, -0.1) is 0 Å². The van der Waals surface area contributed by atoms with Gasteiger partial charge in [0.1, 0.15) is 5.82 Å². The third kappa shape index (κ3) is 3.69. The van der Waals surface area contributed by atoms with Crippen LogP contribution in [0.5, 0.6) is 0 Å². The van der Waals surface area contributed by atoms with Crippen LogP contribution in [-0.4, -0.2) is 27.7 Å². The average Bonchev–Trinajstić information content (AvgIpc) is 2.64. The normalized spacial score (nSPS) is 19.8. The lowest BCUT2D eigenvalue weighted by Crippen LogP contribution is -2.48. The van der Waals surface area contributed by atoms with Gasteiger partial charge in [0, 0.05) is 6.04 Å². The number of likely N-dealkylation sites (tertiary alicyclic amines) is 1. The van der Waals surface area contributed by atoms with Gasteiger partial charge in [0.15, 0.2) is 0 Å². The molecular weight excluding hydrogens is 328 g/mol. The molecule has 1 fully saturated rings. The van der Waals surface area contributed by atoms with Crippen LogP contribution >= 0.6 is 0 Å². The fourth-order valence-electron chi connectivity index (χ4n) is 3.49. The Labute approximate surface area is 153 Å². The van der Waals surface area contributed by atoms with Gasteiger partial charge >= 0.3 is 11.8 Å². The summed E-state index contributed by atoms with van der Waals surface area (Å²) in [5.41, 5.74) is 7.98. The molecule has 0 aliphatic carbocycles. The minimum absolute atomic E-state index is 0.0125. The molecule has 26 heavy (non-hydrogen) atoms. The maximum atomic E-state index is 12.9. The number of aromatic nitrogens is 1. The van der Waals surface area contributed by atoms with Gasteiger partial charge in [0.2, 0.25) is 0 Å². The number of anilines is 2. The Kier molecular flexibility index (Phi) is 5.21. The van der Waals surface area contributed by atoms with E-state index in [0.717, 1.165) is 30.4 Å². The number of pyridine rings is 1. The number of benzene rings is 1. The SMILES string of the molecule is Cc1cc(NC(=O)C(=O)N2C(C)CCCC2c2ccccc2)cnc1N. The fraction of sp³-hybridized carbons (Fsp3) is 0.350. The van der Waals surface area contributed by atoms with Gasteiger partial charge in [-0.3, -0.25) is 9.59 Å². The van der Waals surface area contributed by atoms with E-state index in [1.165, 1.54) is 6.20 Å². The Morgan fingerprint density at radius 1 is 1.23 bits per heavy atom. The Morgan fingerprint density at radius 2 is 1.96 bits per heavy atom. The lowest BCUT2D eigenvalue weighted by Gasteiger charge is -2.40. The molecule has 1 aliphatic heterocycles. The van der Waals surface area contributed by atoms with Gasteiger partial charge in [-0.25, -0.2) is 4.98 Å². The topological polar surface area (TPSA) is 88.3 Å². The lowest BCUT2D eigenvalue weighted by atomic mass is 9.91. The smallest absolute Gasteiger partial charge is 0.313 e. The molecule has 3 rings (SSSR count). The van der Waals surface area contributed by atoms with E-state index in [1.54, 1.807) is 17.9 Å². The zero-order chi connectivity index (χ0) is 18.7. The molecule has 1 saturated heterocycles. The van der Waals surface area contributed by atoms with Crippen molar-refractivity contribution in [1.29, 1.82) is 0 Å². The van der Waals surface area contributed by atoms with Gasteiger partial charge in [-0.05, 0) is 50.3 Å². The van der Waals surface area contributed by atoms with Crippen LogP contribution in [0.3, 0.4) is 0 Å². The van der Waals surface area contributed by atoms with E-state index in [4.69, 9.17) is 5.73 Å². The number of nitrogen functional groups attached to an aromatic ring is 1. The van der Waals surface area contributed by atoms with Gasteiger partial charge in [-0.1, -0.05) is 30.3 Å². The van der Waals surface area contributed by atoms with Crippen LogP contribution in [0.25, 0.3) is 0 Å². The lowest BCUT2D eigenvalue weighted by molar-refractivity contribution is -0.148. The largest absolute Gasteiger partial charge is 0.383 e. The summed E-state index contributed by atoms with van der Waals surface area (Å²) in [5, 5.41) is 2.65. The number of nitrogens with zero attached hydrogens (tertiary/aromatic N) is 2. The maximum absolute atomic E-state index is 12.9. The predicted molar refractivity (Wildman–Crippen MR) is 101 cm³/mol. The van der Waals surface area contributed by atoms with Crippen LogP contribution in [0.2, 0.25) is 0 Å². The summed E-state index contributed by atoms with van der Waals surface area (Å²) in [7, 11) is 0. The van der Waals surface area contributed by atoms with Crippen LogP contribution in [0, 0.1) is 6.92 Å². The highest BCUT2D eigenvalue weighted by molar-refractivity contribution is 6.39. The number of hydrogen-bond donors (Lipinski definition) is 2. The second kappa shape index (κ2) is 7.56. The van der Waals surface area contributed by atoms with Crippen molar-refractivity contribution in [2.24, 2.45) is 0 Å². The molecule has 1 aliphatic rings. The third-order valence-electron chi connectivity index (χ3n) is 4.90. The van der Waals surface area contributed by atoms with Crippen molar-refractivity contribution in [3.63, 3.8) is 0 Å². The number of carbonyl (C=O) groups is 2. The van der Waals surface area contributed by atoms with Crippen LogP contribution in [0.15, 0.2) is 42.6 Å². The molecule has 2 amide bonds. The molecule has 0 radical (unpaired) electrons. The number of rotatable bonds is 2. The van der Waals surface area contributed by atoms with Crippen molar-refractivity contribution in [2.45, 2.75) is 45.2 Å². The van der Waals surface area contributed by atoms with Crippen molar-refractivity contribution in [3.05, 3.63) is 53.7 Å². The van der Waals surface area contributed by atoms with E-state index in [9.17, 15) is 9.59 Å². The van der Waals surface area contributed by atoms with Crippen LogP contribution in [0.4, 0.5) is 11.5 Å². The molecular formula is C20H24N4O2. The first kappa shape index (κ1) is 17.9. The van der Waals surface area contributed by atoms with Crippen molar-refractivity contribution in [1.82, 2.24) is 9.88 Å². The monoisotopic (exact) mass is 352 g/mol. The standard InChI is InChI=1S/C20H24N4O2/c1-13-11-16(12-22-18(13)21)23-19(25)20(26)24-14(2)7-6-10-17(24)15-8-4-3-5-9-15/h3-5,8-9,11-12,14,17H,6-7,10H2,1-2H3,(H2,21,22)(H,23,25). The molecule has 0 bridgehead atoms. The summed E-state index contributed by atoms with van der Waals surface area (Å²) in [4.78, 5) is 31.2. The van der Waals surface area contributed by atoms with E-state index >= 15 is 0 Å². The molecule has 2 aromatic rings. The van der Waals surface area contributed by atoms with Crippen molar-refractivity contribution in [3.8, 4) is 0 Å². The molecule has 6 nitrogen and oxygen atoms in total. The zero-order valence-corrected chi connectivity index (χ0v) is 15.1. The Hall–Kier alpha value is -2.89. The highest BCUT2D eigenvalue weighted by Gasteiger charge is 2.35. The predicted octanol–water partition coefficient (Wildman–Crippen LogP) is 3.05. The zero-order valence-electron chi connectivity index (χ0n) is 15.1. The quantitative estimate of drug-likeness (QED) is 0.813. The van der Waals surface area contributed by atoms with Crippen molar-refractivity contribution in [2.75, 3.05) is 11.1 Å². The summed E-state index contributed by atoms with van der Waals surface area (Å²) in [6, 6.07) is 11.5. The molecule has 2 unspecified atom stereocenters. The summed E-state index contributed by atoms with van der Waals surface area (Å²) in [6.45, 7) is 3.80. The second-order valence-electron chi connectivity index (χ2n) is 6.80. The molecule has 2 heterocycles. The molecule has 0 saturated carbocycles. The maximum Gasteiger partial charge on any atom is 0.313 e. The minimum Gasteiger partial charge on any atom is -0.383 e. The molecule has 3 N–H and O–H groups in total. The molecule has 1 aromatic carbocycles. The van der Waals surface area contributed by atoms with E-state index in [-0.39, 0.29) is 12.1 Å². The second-order valence-corrected chi connectivity index (χ2v) is 6.80. The first-order valence-corrected chi connectivity index (χ1v) is 8.88.